The Hall–Kier alpha value is -0.320. The molecule has 0 aliphatic carbocycles. The van der Waals surface area contributed by atoms with Crippen LogP contribution in [-0.4, -0.2) is 17.4 Å². The molecule has 0 bridgehead atoms. The van der Waals surface area contributed by atoms with Gasteiger partial charge in [0.05, 0.1) is 0 Å². The highest BCUT2D eigenvalue weighted by Crippen LogP contribution is 2.58. The van der Waals surface area contributed by atoms with Gasteiger partial charge in [-0.15, -0.1) is 23.5 Å². The monoisotopic (exact) mass is 271 g/mol. The fourth-order valence-electron chi connectivity index (χ4n) is 2.19. The zero-order valence-electron chi connectivity index (χ0n) is 8.67. The lowest BCUT2D eigenvalue weighted by atomic mass is 10.1. The first-order valence-corrected chi connectivity index (χ1v) is 7.38. The largest absolute Gasteiger partial charge is 0.323 e. The fourth-order valence-corrected chi connectivity index (χ4v) is 5.53. The predicted molar refractivity (Wildman–Crippen MR) is 71.4 cm³/mol. The predicted octanol–water partition coefficient (Wildman–Crippen LogP) is 3.23. The molecule has 1 saturated heterocycles. The molecule has 0 saturated carbocycles. The minimum Gasteiger partial charge on any atom is -0.323 e. The molecule has 0 atom stereocenters. The Labute approximate surface area is 108 Å². The first kappa shape index (κ1) is 10.8. The molecule has 3 rings (SSSR count). The van der Waals surface area contributed by atoms with Gasteiger partial charge in [0, 0.05) is 27.8 Å². The van der Waals surface area contributed by atoms with Crippen LogP contribution in [0.3, 0.4) is 0 Å². The van der Waals surface area contributed by atoms with E-state index >= 15 is 0 Å². The van der Waals surface area contributed by atoms with E-state index < -0.39 is 4.08 Å². The van der Waals surface area contributed by atoms with Crippen molar-refractivity contribution >= 4 is 46.7 Å². The highest BCUT2D eigenvalue weighted by Gasteiger charge is 2.51. The number of rotatable bonds is 0. The molecular formula is C11H10ClNOS2. The molecule has 0 radical (unpaired) electrons. The maximum Gasteiger partial charge on any atom is 0.255 e. The highest BCUT2D eigenvalue weighted by atomic mass is 35.5. The van der Waals surface area contributed by atoms with E-state index in [-0.39, 0.29) is 5.91 Å². The van der Waals surface area contributed by atoms with Gasteiger partial charge in [0.25, 0.3) is 5.91 Å². The minimum absolute atomic E-state index is 0.0976. The number of thioether (sulfide) groups is 2. The van der Waals surface area contributed by atoms with Crippen LogP contribution < -0.4 is 5.32 Å². The Balaban J connectivity index is 2.24. The molecule has 1 amide bonds. The van der Waals surface area contributed by atoms with Gasteiger partial charge in [0.2, 0.25) is 0 Å². The first-order valence-electron chi connectivity index (χ1n) is 5.03. The van der Waals surface area contributed by atoms with E-state index in [4.69, 9.17) is 11.6 Å². The van der Waals surface area contributed by atoms with E-state index in [1.165, 1.54) is 0 Å². The summed E-state index contributed by atoms with van der Waals surface area (Å²) >= 11 is 9.51. The lowest BCUT2D eigenvalue weighted by Crippen LogP contribution is -2.24. The number of amides is 1. The molecule has 16 heavy (non-hydrogen) atoms. The quantitative estimate of drug-likeness (QED) is 0.785. The van der Waals surface area contributed by atoms with Crippen molar-refractivity contribution in [1.82, 2.24) is 0 Å². The Bertz CT molecular complexity index is 483. The molecule has 0 aromatic heterocycles. The molecular weight excluding hydrogens is 262 g/mol. The van der Waals surface area contributed by atoms with Crippen LogP contribution in [0.2, 0.25) is 5.02 Å². The fraction of sp³-hybridized carbons (Fsp3) is 0.364. The van der Waals surface area contributed by atoms with Crippen LogP contribution in [0.1, 0.15) is 11.1 Å². The summed E-state index contributed by atoms with van der Waals surface area (Å²) in [5, 5.41) is 3.69. The molecule has 1 spiro atoms. The second-order valence-corrected chi connectivity index (χ2v) is 7.23. The van der Waals surface area contributed by atoms with Crippen molar-refractivity contribution < 1.29 is 4.79 Å². The maximum absolute atomic E-state index is 12.1. The zero-order valence-corrected chi connectivity index (χ0v) is 11.1. The molecule has 0 unspecified atom stereocenters. The molecule has 2 aliphatic heterocycles. The van der Waals surface area contributed by atoms with Gasteiger partial charge < -0.3 is 5.32 Å². The Morgan fingerprint density at radius 2 is 2.06 bits per heavy atom. The lowest BCUT2D eigenvalue weighted by Gasteiger charge is -2.18. The van der Waals surface area contributed by atoms with Gasteiger partial charge in [-0.1, -0.05) is 11.6 Å². The Morgan fingerprint density at radius 1 is 1.38 bits per heavy atom. The van der Waals surface area contributed by atoms with Gasteiger partial charge in [-0.05, 0) is 24.6 Å². The van der Waals surface area contributed by atoms with Crippen molar-refractivity contribution in [1.29, 1.82) is 0 Å². The number of nitrogens with one attached hydrogen (secondary N) is 1. The van der Waals surface area contributed by atoms with E-state index in [2.05, 4.69) is 5.32 Å². The van der Waals surface area contributed by atoms with Gasteiger partial charge >= 0.3 is 0 Å². The SMILES string of the molecule is Cc1cc(Cl)cc2c1NC(=O)C21SCCS1. The summed E-state index contributed by atoms with van der Waals surface area (Å²) in [7, 11) is 0. The topological polar surface area (TPSA) is 29.1 Å². The van der Waals surface area contributed by atoms with Crippen LogP contribution in [0.15, 0.2) is 12.1 Å². The third-order valence-corrected chi connectivity index (χ3v) is 6.51. The number of hydrogen-bond donors (Lipinski definition) is 1. The minimum atomic E-state index is -0.439. The average Bonchev–Trinajstić information content (AvgIpc) is 2.79. The third-order valence-electron chi connectivity index (χ3n) is 2.89. The summed E-state index contributed by atoms with van der Waals surface area (Å²) in [6.07, 6.45) is 0. The van der Waals surface area contributed by atoms with E-state index in [0.29, 0.717) is 5.02 Å². The van der Waals surface area contributed by atoms with Crippen molar-refractivity contribution in [3.05, 3.63) is 28.3 Å². The molecule has 5 heteroatoms. The normalized spacial score (nSPS) is 21.2. The van der Waals surface area contributed by atoms with Gasteiger partial charge in [-0.25, -0.2) is 0 Å². The molecule has 84 valence electrons. The number of halogens is 1. The lowest BCUT2D eigenvalue weighted by molar-refractivity contribution is -0.116. The van der Waals surface area contributed by atoms with Crippen molar-refractivity contribution in [2.45, 2.75) is 11.0 Å². The number of fused-ring (bicyclic) bond motifs is 2. The number of hydrogen-bond acceptors (Lipinski definition) is 3. The van der Waals surface area contributed by atoms with Crippen LogP contribution in [0.5, 0.6) is 0 Å². The number of anilines is 1. The summed E-state index contributed by atoms with van der Waals surface area (Å²) in [6, 6.07) is 3.82. The zero-order chi connectivity index (χ0) is 11.3. The average molecular weight is 272 g/mol. The van der Waals surface area contributed by atoms with Crippen LogP contribution in [-0.2, 0) is 8.87 Å². The van der Waals surface area contributed by atoms with Crippen LogP contribution >= 0.6 is 35.1 Å². The molecule has 2 aliphatic rings. The third kappa shape index (κ3) is 1.33. The smallest absolute Gasteiger partial charge is 0.255 e. The number of carbonyl (C=O) groups excluding carboxylic acids is 1. The van der Waals surface area contributed by atoms with Gasteiger partial charge in [0.15, 0.2) is 4.08 Å². The molecule has 1 N–H and O–H groups in total. The molecule has 1 aromatic rings. The van der Waals surface area contributed by atoms with Gasteiger partial charge in [-0.3, -0.25) is 4.79 Å². The summed E-state index contributed by atoms with van der Waals surface area (Å²) in [6.45, 7) is 1.98. The van der Waals surface area contributed by atoms with E-state index in [1.54, 1.807) is 23.5 Å². The highest BCUT2D eigenvalue weighted by molar-refractivity contribution is 8.21. The standard InChI is InChI=1S/C11H10ClNOS2/c1-6-4-7(12)5-8-9(6)13-10(14)11(8)15-2-3-16-11/h4-5H,2-3H2,1H3,(H,13,14). The first-order chi connectivity index (χ1) is 7.63. The molecule has 1 fully saturated rings. The van der Waals surface area contributed by atoms with Gasteiger partial charge in [-0.2, -0.15) is 0 Å². The number of aryl methyl sites for hydroxylation is 1. The molecule has 2 heterocycles. The summed E-state index contributed by atoms with van der Waals surface area (Å²) < 4.78 is -0.439. The van der Waals surface area contributed by atoms with Crippen molar-refractivity contribution in [2.75, 3.05) is 16.8 Å². The van der Waals surface area contributed by atoms with Crippen LogP contribution in [0.25, 0.3) is 0 Å². The molecule has 2 nitrogen and oxygen atoms in total. The van der Waals surface area contributed by atoms with Crippen LogP contribution in [0.4, 0.5) is 5.69 Å². The second kappa shape index (κ2) is 3.59. The molecule has 1 aromatic carbocycles. The van der Waals surface area contributed by atoms with Crippen LogP contribution in [0, 0.1) is 6.92 Å². The Kier molecular flexibility index (Phi) is 2.42. The second-order valence-electron chi connectivity index (χ2n) is 3.91. The number of carbonyl (C=O) groups is 1. The number of benzene rings is 1. The van der Waals surface area contributed by atoms with Crippen molar-refractivity contribution in [2.24, 2.45) is 0 Å². The Morgan fingerprint density at radius 3 is 2.75 bits per heavy atom. The van der Waals surface area contributed by atoms with Crippen molar-refractivity contribution in [3.8, 4) is 0 Å². The van der Waals surface area contributed by atoms with E-state index in [1.807, 2.05) is 19.1 Å². The van der Waals surface area contributed by atoms with Crippen molar-refractivity contribution in [3.63, 3.8) is 0 Å². The summed E-state index contributed by atoms with van der Waals surface area (Å²) in [5.74, 6) is 2.13. The summed E-state index contributed by atoms with van der Waals surface area (Å²) in [5.41, 5.74) is 3.05. The van der Waals surface area contributed by atoms with E-state index in [0.717, 1.165) is 28.3 Å². The van der Waals surface area contributed by atoms with Gasteiger partial charge in [0.1, 0.15) is 0 Å². The maximum atomic E-state index is 12.1. The summed E-state index contributed by atoms with van der Waals surface area (Å²) in [4.78, 5) is 12.1. The van der Waals surface area contributed by atoms with E-state index in [9.17, 15) is 4.79 Å².